The van der Waals surface area contributed by atoms with Gasteiger partial charge in [0.15, 0.2) is 11.5 Å². The van der Waals surface area contributed by atoms with Gasteiger partial charge < -0.3 is 24.4 Å². The third-order valence-electron chi connectivity index (χ3n) is 6.02. The Balaban J connectivity index is 0.00000507. The van der Waals surface area contributed by atoms with Crippen LogP contribution in [0.2, 0.25) is 0 Å². The first-order valence-electron chi connectivity index (χ1n) is 13.1. The van der Waals surface area contributed by atoms with E-state index in [9.17, 15) is 4.79 Å². The molecule has 0 aliphatic carbocycles. The summed E-state index contributed by atoms with van der Waals surface area (Å²) in [7, 11) is 0. The Kier molecular flexibility index (Phi) is 12.9. The van der Waals surface area contributed by atoms with Crippen molar-refractivity contribution >= 4 is 46.6 Å². The molecule has 1 amide bonds. The van der Waals surface area contributed by atoms with Gasteiger partial charge in [0.25, 0.3) is 0 Å². The highest BCUT2D eigenvalue weighted by molar-refractivity contribution is 5.93. The van der Waals surface area contributed by atoms with Crippen molar-refractivity contribution in [2.75, 3.05) is 50.1 Å². The summed E-state index contributed by atoms with van der Waals surface area (Å²) in [4.78, 5) is 23.1. The maximum Gasteiger partial charge on any atom is 0.411 e. The third-order valence-corrected chi connectivity index (χ3v) is 6.02. The summed E-state index contributed by atoms with van der Waals surface area (Å²) in [5, 5.41) is 6.97. The number of nitrogens with zero attached hydrogens (tertiary/aromatic N) is 3. The van der Waals surface area contributed by atoms with Gasteiger partial charge in [-0.25, -0.2) is 14.8 Å². The number of fused-ring (bicyclic) bond motifs is 1. The minimum atomic E-state index is -0.473. The molecule has 2 N–H and O–H groups in total. The molecule has 0 aliphatic rings. The molecule has 3 rings (SSSR count). The van der Waals surface area contributed by atoms with E-state index in [0.717, 1.165) is 54.6 Å². The lowest BCUT2D eigenvalue weighted by molar-refractivity contribution is 0.168. The highest BCUT2D eigenvalue weighted by Gasteiger charge is 2.14. The Bertz CT molecular complexity index is 1170. The first kappa shape index (κ1) is 30.9. The number of anilines is 3. The lowest BCUT2D eigenvalue weighted by Crippen LogP contribution is -2.28. The van der Waals surface area contributed by atoms with Crippen molar-refractivity contribution in [2.45, 2.75) is 47.5 Å². The topological polar surface area (TPSA) is 97.8 Å². The summed E-state index contributed by atoms with van der Waals surface area (Å²) in [5.74, 6) is 2.03. The predicted octanol–water partition coefficient (Wildman–Crippen LogP) is 6.57. The SMILES string of the molecule is CCCCOc1cc2c(Nc3ccc(NC(=O)OCC)c(C)c3)ncnc2cc1OCCN(CC)CC.Cl. The quantitative estimate of drug-likeness (QED) is 0.219. The van der Waals surface area contributed by atoms with Crippen LogP contribution in [0.15, 0.2) is 36.7 Å². The van der Waals surface area contributed by atoms with Crippen molar-refractivity contribution in [2.24, 2.45) is 0 Å². The lowest BCUT2D eigenvalue weighted by Gasteiger charge is -2.19. The molecule has 1 aromatic heterocycles. The molecule has 0 aliphatic heterocycles. The van der Waals surface area contributed by atoms with Gasteiger partial charge in [-0.15, -0.1) is 12.4 Å². The molecule has 1 heterocycles. The van der Waals surface area contributed by atoms with Crippen LogP contribution in [-0.4, -0.2) is 60.4 Å². The van der Waals surface area contributed by atoms with E-state index in [1.807, 2.05) is 37.3 Å². The van der Waals surface area contributed by atoms with E-state index in [0.29, 0.717) is 42.8 Å². The number of carbonyl (C=O) groups is 1. The molecule has 0 unspecified atom stereocenters. The van der Waals surface area contributed by atoms with Crippen LogP contribution in [0.1, 0.15) is 46.1 Å². The molecule has 10 heteroatoms. The average molecular weight is 546 g/mol. The summed E-state index contributed by atoms with van der Waals surface area (Å²) < 4.78 is 17.2. The lowest BCUT2D eigenvalue weighted by atomic mass is 10.1. The minimum Gasteiger partial charge on any atom is -0.490 e. The van der Waals surface area contributed by atoms with E-state index in [1.165, 1.54) is 6.33 Å². The van der Waals surface area contributed by atoms with Gasteiger partial charge >= 0.3 is 6.09 Å². The summed E-state index contributed by atoms with van der Waals surface area (Å²) in [6.45, 7) is 14.4. The van der Waals surface area contributed by atoms with Crippen LogP contribution >= 0.6 is 12.4 Å². The molecule has 0 saturated carbocycles. The summed E-state index contributed by atoms with van der Waals surface area (Å²) in [6.07, 6.45) is 3.06. The van der Waals surface area contributed by atoms with E-state index < -0.39 is 6.09 Å². The summed E-state index contributed by atoms with van der Waals surface area (Å²) in [6, 6.07) is 9.52. The zero-order chi connectivity index (χ0) is 26.6. The standard InChI is InChI=1S/C28H39N5O4.ClH/c1-6-10-14-36-25-17-22-24(18-26(25)37-15-13-33(7-2)8-3)29-19-30-27(22)31-21-11-12-23(20(5)16-21)32-28(34)35-9-4;/h11-12,16-19H,6-10,13-15H2,1-5H3,(H,32,34)(H,29,30,31);1H. The number of ether oxygens (including phenoxy) is 3. The largest absolute Gasteiger partial charge is 0.490 e. The number of hydrogen-bond donors (Lipinski definition) is 2. The van der Waals surface area contributed by atoms with E-state index in [4.69, 9.17) is 14.2 Å². The number of unbranched alkanes of at least 4 members (excludes halogenated alkanes) is 1. The van der Waals surface area contributed by atoms with Crippen LogP contribution in [0, 0.1) is 6.92 Å². The van der Waals surface area contributed by atoms with Crippen molar-refractivity contribution in [3.8, 4) is 11.5 Å². The Hall–Kier alpha value is -3.30. The number of aryl methyl sites for hydroxylation is 1. The molecule has 208 valence electrons. The fraction of sp³-hybridized carbons (Fsp3) is 0.464. The van der Waals surface area contributed by atoms with Gasteiger partial charge in [-0.05, 0) is 63.2 Å². The van der Waals surface area contributed by atoms with Gasteiger partial charge in [0, 0.05) is 29.4 Å². The Morgan fingerprint density at radius 2 is 1.71 bits per heavy atom. The first-order valence-corrected chi connectivity index (χ1v) is 13.1. The van der Waals surface area contributed by atoms with Crippen LogP contribution in [0.3, 0.4) is 0 Å². The zero-order valence-corrected chi connectivity index (χ0v) is 23.8. The second kappa shape index (κ2) is 15.8. The third kappa shape index (κ3) is 8.63. The van der Waals surface area contributed by atoms with Crippen molar-refractivity contribution in [1.29, 1.82) is 0 Å². The van der Waals surface area contributed by atoms with Gasteiger partial charge in [-0.1, -0.05) is 27.2 Å². The molecule has 2 aromatic carbocycles. The second-order valence-electron chi connectivity index (χ2n) is 8.62. The number of carbonyl (C=O) groups excluding carboxylic acids is 1. The fourth-order valence-corrected chi connectivity index (χ4v) is 3.84. The van der Waals surface area contributed by atoms with Crippen molar-refractivity contribution in [1.82, 2.24) is 14.9 Å². The molecule has 9 nitrogen and oxygen atoms in total. The molecular formula is C28H40ClN5O4. The Morgan fingerprint density at radius 1 is 0.974 bits per heavy atom. The van der Waals surface area contributed by atoms with Crippen LogP contribution in [0.25, 0.3) is 10.9 Å². The number of amides is 1. The Morgan fingerprint density at radius 3 is 2.39 bits per heavy atom. The van der Waals surface area contributed by atoms with E-state index in [2.05, 4.69) is 46.3 Å². The number of likely N-dealkylation sites (N-methyl/N-ethyl adjacent to an activating group) is 1. The van der Waals surface area contributed by atoms with Gasteiger partial charge in [-0.3, -0.25) is 5.32 Å². The van der Waals surface area contributed by atoms with Gasteiger partial charge in [-0.2, -0.15) is 0 Å². The van der Waals surface area contributed by atoms with E-state index in [1.54, 1.807) is 6.92 Å². The number of rotatable bonds is 14. The van der Waals surface area contributed by atoms with Crippen LogP contribution in [0.4, 0.5) is 22.0 Å². The maximum absolute atomic E-state index is 11.8. The number of hydrogen-bond acceptors (Lipinski definition) is 8. The maximum atomic E-state index is 11.8. The van der Waals surface area contributed by atoms with E-state index >= 15 is 0 Å². The molecular weight excluding hydrogens is 506 g/mol. The first-order chi connectivity index (χ1) is 18.0. The van der Waals surface area contributed by atoms with Gasteiger partial charge in [0.05, 0.1) is 18.7 Å². The molecule has 0 spiro atoms. The van der Waals surface area contributed by atoms with Crippen LogP contribution in [-0.2, 0) is 4.74 Å². The summed E-state index contributed by atoms with van der Waals surface area (Å²) in [5.41, 5.74) is 3.17. The smallest absolute Gasteiger partial charge is 0.411 e. The van der Waals surface area contributed by atoms with Crippen molar-refractivity contribution < 1.29 is 19.0 Å². The normalized spacial score (nSPS) is 10.7. The number of nitrogens with one attached hydrogen (secondary N) is 2. The molecule has 0 atom stereocenters. The molecule has 3 aromatic rings. The van der Waals surface area contributed by atoms with Crippen LogP contribution in [0.5, 0.6) is 11.5 Å². The molecule has 38 heavy (non-hydrogen) atoms. The molecule has 0 radical (unpaired) electrons. The van der Waals surface area contributed by atoms with E-state index in [-0.39, 0.29) is 12.4 Å². The van der Waals surface area contributed by atoms with Crippen LogP contribution < -0.4 is 20.1 Å². The average Bonchev–Trinajstić information content (AvgIpc) is 2.89. The monoisotopic (exact) mass is 545 g/mol. The second-order valence-corrected chi connectivity index (χ2v) is 8.62. The predicted molar refractivity (Wildman–Crippen MR) is 156 cm³/mol. The highest BCUT2D eigenvalue weighted by Crippen LogP contribution is 2.35. The van der Waals surface area contributed by atoms with Gasteiger partial charge in [0.1, 0.15) is 18.8 Å². The highest BCUT2D eigenvalue weighted by atomic mass is 35.5. The Labute approximate surface area is 231 Å². The van der Waals surface area contributed by atoms with Crippen molar-refractivity contribution in [3.05, 3.63) is 42.2 Å². The number of aromatic nitrogens is 2. The minimum absolute atomic E-state index is 0. The molecule has 0 saturated heterocycles. The summed E-state index contributed by atoms with van der Waals surface area (Å²) >= 11 is 0. The van der Waals surface area contributed by atoms with Crippen molar-refractivity contribution in [3.63, 3.8) is 0 Å². The van der Waals surface area contributed by atoms with Gasteiger partial charge in [0.2, 0.25) is 0 Å². The molecule has 0 bridgehead atoms. The molecule has 0 fully saturated rings. The zero-order valence-electron chi connectivity index (χ0n) is 23.0. The fourth-order valence-electron chi connectivity index (χ4n) is 3.84. The number of halogens is 1. The number of benzene rings is 2.